The summed E-state index contributed by atoms with van der Waals surface area (Å²) >= 11 is 0. The molecule has 1 aromatic carbocycles. The molecular weight excluding hydrogens is 390 g/mol. The molecule has 0 aliphatic rings. The van der Waals surface area contributed by atoms with E-state index in [1.807, 2.05) is 13.8 Å². The summed E-state index contributed by atoms with van der Waals surface area (Å²) in [7, 11) is 0. The lowest BCUT2D eigenvalue weighted by atomic mass is 9.89. The highest BCUT2D eigenvalue weighted by Gasteiger charge is 2.31. The predicted molar refractivity (Wildman–Crippen MR) is 119 cm³/mol. The molecule has 30 heavy (non-hydrogen) atoms. The van der Waals surface area contributed by atoms with E-state index in [4.69, 9.17) is 0 Å². The van der Waals surface area contributed by atoms with E-state index >= 15 is 0 Å². The Balaban J connectivity index is 3.09. The van der Waals surface area contributed by atoms with Gasteiger partial charge in [0.15, 0.2) is 0 Å². The van der Waals surface area contributed by atoms with Gasteiger partial charge in [-0.3, -0.25) is 0 Å². The molecule has 0 amide bonds. The van der Waals surface area contributed by atoms with E-state index in [0.29, 0.717) is 25.1 Å². The fourth-order valence-corrected chi connectivity index (χ4v) is 3.52. The summed E-state index contributed by atoms with van der Waals surface area (Å²) in [6.07, 6.45) is 3.62. The Morgan fingerprint density at radius 1 is 1.17 bits per heavy atom. The molecule has 1 N–H and O–H groups in total. The van der Waals surface area contributed by atoms with Gasteiger partial charge in [0, 0.05) is 6.54 Å². The van der Waals surface area contributed by atoms with Crippen molar-refractivity contribution in [3.8, 4) is 0 Å². The van der Waals surface area contributed by atoms with E-state index < -0.39 is 11.7 Å². The second-order valence-corrected chi connectivity index (χ2v) is 7.35. The van der Waals surface area contributed by atoms with Crippen LogP contribution in [0.1, 0.15) is 63.1 Å². The van der Waals surface area contributed by atoms with Gasteiger partial charge in [0.1, 0.15) is 0 Å². The number of alkyl halides is 3. The second-order valence-electron chi connectivity index (χ2n) is 7.35. The molecule has 1 nitrogen and oxygen atoms in total. The molecule has 0 unspecified atom stereocenters. The van der Waals surface area contributed by atoms with E-state index in [1.165, 1.54) is 24.6 Å². The molecule has 1 rings (SSSR count). The van der Waals surface area contributed by atoms with Crippen molar-refractivity contribution in [2.45, 2.75) is 59.6 Å². The highest BCUT2D eigenvalue weighted by molar-refractivity contribution is 5.71. The molecule has 5 heteroatoms. The summed E-state index contributed by atoms with van der Waals surface area (Å²) in [4.78, 5) is 0. The molecular formula is C25H33F4N. The van der Waals surface area contributed by atoms with Gasteiger partial charge in [0.25, 0.3) is 0 Å². The zero-order valence-electron chi connectivity index (χ0n) is 18.4. The normalized spacial score (nSPS) is 14.0. The molecule has 1 aromatic rings. The van der Waals surface area contributed by atoms with Crippen molar-refractivity contribution >= 4 is 5.57 Å². The maximum Gasteiger partial charge on any atom is 0.416 e. The lowest BCUT2D eigenvalue weighted by molar-refractivity contribution is -0.137. The molecule has 0 atom stereocenters. The van der Waals surface area contributed by atoms with Crippen LogP contribution in [0.2, 0.25) is 0 Å². The van der Waals surface area contributed by atoms with Crippen LogP contribution in [0.3, 0.4) is 0 Å². The summed E-state index contributed by atoms with van der Waals surface area (Å²) < 4.78 is 52.8. The van der Waals surface area contributed by atoms with E-state index in [1.54, 1.807) is 18.2 Å². The van der Waals surface area contributed by atoms with Gasteiger partial charge in [0.2, 0.25) is 0 Å². The molecule has 0 aromatic heterocycles. The molecule has 166 valence electrons. The zero-order chi connectivity index (χ0) is 22.7. The number of hydrogen-bond acceptors (Lipinski definition) is 1. The third kappa shape index (κ3) is 8.31. The van der Waals surface area contributed by atoms with E-state index in [9.17, 15) is 17.6 Å². The summed E-state index contributed by atoms with van der Waals surface area (Å²) in [5.74, 6) is -0.273. The quantitative estimate of drug-likeness (QED) is 0.216. The molecule has 0 spiro atoms. The first-order valence-corrected chi connectivity index (χ1v) is 10.4. The number of benzene rings is 1. The lowest BCUT2D eigenvalue weighted by Gasteiger charge is -2.19. The first kappa shape index (κ1) is 25.9. The van der Waals surface area contributed by atoms with Gasteiger partial charge >= 0.3 is 6.18 Å². The Kier molecular flexibility index (Phi) is 10.8. The van der Waals surface area contributed by atoms with Crippen LogP contribution in [-0.4, -0.2) is 13.1 Å². The van der Waals surface area contributed by atoms with Crippen LogP contribution < -0.4 is 5.32 Å². The lowest BCUT2D eigenvalue weighted by Crippen LogP contribution is -2.19. The van der Waals surface area contributed by atoms with Crippen LogP contribution in [0.25, 0.3) is 5.57 Å². The molecule has 0 saturated carbocycles. The third-order valence-electron chi connectivity index (χ3n) is 4.87. The van der Waals surface area contributed by atoms with Crippen LogP contribution >= 0.6 is 0 Å². The predicted octanol–water partition coefficient (Wildman–Crippen LogP) is 7.94. The SMILES string of the molecule is C=C/C=C(\C=C(/C)F)CNCC/C(CCC)=C(/CC)c1cc(C(F)(F)F)ccc1C. The zero-order valence-corrected chi connectivity index (χ0v) is 18.4. The standard InChI is InChI=1S/C25H33F4N/c1-6-9-20(15-19(5)26)17-30-14-13-21(10-7-2)23(8-3)24-16-22(25(27,28)29)12-11-18(24)4/h6,9,11-12,15-16,30H,1,7-8,10,13-14,17H2,2-5H3/b19-15+,20-9+,23-21-. The number of nitrogens with one attached hydrogen (secondary N) is 1. The summed E-state index contributed by atoms with van der Waals surface area (Å²) in [6, 6.07) is 3.96. The minimum absolute atomic E-state index is 0.273. The van der Waals surface area contributed by atoms with Crippen molar-refractivity contribution < 1.29 is 17.6 Å². The maximum atomic E-state index is 13.2. The Morgan fingerprint density at radius 2 is 1.87 bits per heavy atom. The molecule has 0 saturated heterocycles. The molecule has 0 aliphatic carbocycles. The third-order valence-corrected chi connectivity index (χ3v) is 4.87. The largest absolute Gasteiger partial charge is 0.416 e. The van der Waals surface area contributed by atoms with Crippen molar-refractivity contribution in [1.82, 2.24) is 5.32 Å². The molecule has 0 aliphatic heterocycles. The van der Waals surface area contributed by atoms with Crippen LogP contribution in [0.4, 0.5) is 17.6 Å². The summed E-state index contributed by atoms with van der Waals surface area (Å²) in [5.41, 5.74) is 3.86. The Morgan fingerprint density at radius 3 is 2.40 bits per heavy atom. The minimum Gasteiger partial charge on any atom is -0.312 e. The minimum atomic E-state index is -4.36. The summed E-state index contributed by atoms with van der Waals surface area (Å²) in [6.45, 7) is 12.1. The van der Waals surface area contributed by atoms with Gasteiger partial charge in [-0.15, -0.1) is 0 Å². The fourth-order valence-electron chi connectivity index (χ4n) is 3.52. The Bertz CT molecular complexity index is 794. The van der Waals surface area contributed by atoms with Gasteiger partial charge in [-0.2, -0.15) is 13.2 Å². The maximum absolute atomic E-state index is 13.2. The van der Waals surface area contributed by atoms with E-state index in [-0.39, 0.29) is 5.83 Å². The average molecular weight is 424 g/mol. The van der Waals surface area contributed by atoms with E-state index in [2.05, 4.69) is 18.8 Å². The van der Waals surface area contributed by atoms with Crippen LogP contribution in [0, 0.1) is 6.92 Å². The summed E-state index contributed by atoms with van der Waals surface area (Å²) in [5, 5.41) is 3.30. The van der Waals surface area contributed by atoms with E-state index in [0.717, 1.165) is 42.0 Å². The van der Waals surface area contributed by atoms with Crippen molar-refractivity contribution in [1.29, 1.82) is 0 Å². The number of allylic oxidation sites excluding steroid dienone is 4. The van der Waals surface area contributed by atoms with Gasteiger partial charge in [-0.25, -0.2) is 4.39 Å². The van der Waals surface area contributed by atoms with Crippen molar-refractivity contribution in [3.05, 3.63) is 76.7 Å². The molecule has 0 bridgehead atoms. The molecule has 0 radical (unpaired) electrons. The first-order chi connectivity index (χ1) is 14.1. The van der Waals surface area contributed by atoms with Gasteiger partial charge in [-0.1, -0.05) is 50.6 Å². The monoisotopic (exact) mass is 423 g/mol. The molecule has 0 fully saturated rings. The smallest absolute Gasteiger partial charge is 0.312 e. The Labute approximate surface area is 178 Å². The molecule has 0 heterocycles. The van der Waals surface area contributed by atoms with Gasteiger partial charge in [0.05, 0.1) is 11.4 Å². The Hall–Kier alpha value is -2.14. The topological polar surface area (TPSA) is 12.0 Å². The van der Waals surface area contributed by atoms with Gasteiger partial charge < -0.3 is 5.32 Å². The van der Waals surface area contributed by atoms with Crippen LogP contribution in [0.15, 0.2) is 60.0 Å². The highest BCUT2D eigenvalue weighted by atomic mass is 19.4. The van der Waals surface area contributed by atoms with Crippen LogP contribution in [0.5, 0.6) is 0 Å². The second kappa shape index (κ2) is 12.5. The van der Waals surface area contributed by atoms with Crippen molar-refractivity contribution in [2.75, 3.05) is 13.1 Å². The number of hydrogen-bond donors (Lipinski definition) is 1. The van der Waals surface area contributed by atoms with Crippen molar-refractivity contribution in [3.63, 3.8) is 0 Å². The van der Waals surface area contributed by atoms with Gasteiger partial charge in [-0.05, 0) is 80.1 Å². The highest BCUT2D eigenvalue weighted by Crippen LogP contribution is 2.35. The van der Waals surface area contributed by atoms with Crippen LogP contribution in [-0.2, 0) is 6.18 Å². The first-order valence-electron chi connectivity index (χ1n) is 10.4. The number of rotatable bonds is 11. The number of halogens is 4. The van der Waals surface area contributed by atoms with Crippen molar-refractivity contribution in [2.24, 2.45) is 0 Å². The fraction of sp³-hybridized carbons (Fsp3) is 0.440. The average Bonchev–Trinajstić information content (AvgIpc) is 2.65. The number of aryl methyl sites for hydroxylation is 1.